The van der Waals surface area contributed by atoms with Crippen LogP contribution in [-0.4, -0.2) is 26.4 Å². The number of hydrogen-bond donors (Lipinski definition) is 2. The average molecular weight is 377 g/mol. The molecule has 146 valence electrons. The lowest BCUT2D eigenvalue weighted by atomic mass is 9.81. The molecule has 0 saturated heterocycles. The molecule has 6 heteroatoms. The van der Waals surface area contributed by atoms with Gasteiger partial charge >= 0.3 is 0 Å². The second-order valence-electron chi connectivity index (χ2n) is 7.19. The number of benzene rings is 2. The van der Waals surface area contributed by atoms with E-state index in [-0.39, 0.29) is 17.6 Å². The van der Waals surface area contributed by atoms with Gasteiger partial charge in [-0.25, -0.2) is 0 Å². The topological polar surface area (TPSA) is 97.5 Å². The van der Waals surface area contributed by atoms with Crippen LogP contribution in [0.5, 0.6) is 0 Å². The standard InChI is InChI=1S/C22H27N5O/c1-3-5-20(15(2)28)21(22-24-26-27-25-22)13-16-8-10-18(11-9-16)19-7-4-6-17(12-19)14-23/h4,6-12,20-21H,3,5,13-14,23H2,1-2H3,(H,24,25,26,27)/t20-,21+/m1/s1. The Hall–Kier alpha value is -2.86. The van der Waals surface area contributed by atoms with Crippen molar-refractivity contribution in [2.45, 2.75) is 45.6 Å². The number of nitrogens with one attached hydrogen (secondary N) is 1. The molecule has 3 rings (SSSR count). The number of carbonyl (C=O) groups is 1. The van der Waals surface area contributed by atoms with E-state index in [9.17, 15) is 4.79 Å². The van der Waals surface area contributed by atoms with Gasteiger partial charge in [-0.05, 0) is 48.1 Å². The molecule has 0 fully saturated rings. The minimum Gasteiger partial charge on any atom is -0.326 e. The van der Waals surface area contributed by atoms with Crippen LogP contribution < -0.4 is 5.73 Å². The monoisotopic (exact) mass is 377 g/mol. The first-order valence-electron chi connectivity index (χ1n) is 9.74. The lowest BCUT2D eigenvalue weighted by Crippen LogP contribution is -2.23. The van der Waals surface area contributed by atoms with Gasteiger partial charge in [-0.3, -0.25) is 4.79 Å². The highest BCUT2D eigenvalue weighted by Gasteiger charge is 2.29. The minimum absolute atomic E-state index is 0.0809. The van der Waals surface area contributed by atoms with Crippen LogP contribution in [0.3, 0.4) is 0 Å². The number of carbonyl (C=O) groups excluding carboxylic acids is 1. The lowest BCUT2D eigenvalue weighted by Gasteiger charge is -2.22. The van der Waals surface area contributed by atoms with E-state index in [1.54, 1.807) is 6.92 Å². The SMILES string of the molecule is CCC[C@H](C(C)=O)[C@H](Cc1ccc(-c2cccc(CN)c2)cc1)c1nn[nH]n1. The summed E-state index contributed by atoms with van der Waals surface area (Å²) >= 11 is 0. The third-order valence-corrected chi connectivity index (χ3v) is 5.21. The number of Topliss-reactive ketones (excluding diaryl/α,β-unsaturated/α-hetero) is 1. The lowest BCUT2D eigenvalue weighted by molar-refractivity contribution is -0.121. The van der Waals surface area contributed by atoms with Crippen molar-refractivity contribution >= 4 is 5.78 Å². The number of nitrogens with zero attached hydrogens (tertiary/aromatic N) is 3. The number of nitrogens with two attached hydrogens (primary N) is 1. The van der Waals surface area contributed by atoms with Crippen molar-refractivity contribution in [3.63, 3.8) is 0 Å². The van der Waals surface area contributed by atoms with Crippen molar-refractivity contribution in [2.75, 3.05) is 0 Å². The van der Waals surface area contributed by atoms with Gasteiger partial charge in [0, 0.05) is 18.4 Å². The van der Waals surface area contributed by atoms with Gasteiger partial charge in [0.25, 0.3) is 0 Å². The Morgan fingerprint density at radius 1 is 1.11 bits per heavy atom. The second-order valence-corrected chi connectivity index (χ2v) is 7.19. The number of ketones is 1. The summed E-state index contributed by atoms with van der Waals surface area (Å²) in [5, 5.41) is 14.6. The van der Waals surface area contributed by atoms with Crippen LogP contribution in [0.4, 0.5) is 0 Å². The fraction of sp³-hybridized carbons (Fsp3) is 0.364. The molecule has 28 heavy (non-hydrogen) atoms. The highest BCUT2D eigenvalue weighted by atomic mass is 16.1. The molecule has 0 aliphatic rings. The molecular weight excluding hydrogens is 350 g/mol. The van der Waals surface area contributed by atoms with Gasteiger partial charge in [0.05, 0.1) is 0 Å². The van der Waals surface area contributed by atoms with Crippen LogP contribution in [0.15, 0.2) is 48.5 Å². The summed E-state index contributed by atoms with van der Waals surface area (Å²) in [5.41, 5.74) is 10.3. The van der Waals surface area contributed by atoms with Crippen molar-refractivity contribution < 1.29 is 4.79 Å². The first-order valence-corrected chi connectivity index (χ1v) is 9.74. The summed E-state index contributed by atoms with van der Waals surface area (Å²) in [6.07, 6.45) is 2.46. The zero-order chi connectivity index (χ0) is 19.9. The van der Waals surface area contributed by atoms with E-state index in [1.807, 2.05) is 12.1 Å². The van der Waals surface area contributed by atoms with E-state index in [0.717, 1.165) is 35.1 Å². The smallest absolute Gasteiger partial charge is 0.178 e. The summed E-state index contributed by atoms with van der Waals surface area (Å²) < 4.78 is 0. The fourth-order valence-electron chi connectivity index (χ4n) is 3.70. The van der Waals surface area contributed by atoms with Crippen molar-refractivity contribution in [1.82, 2.24) is 20.6 Å². The van der Waals surface area contributed by atoms with Crippen LogP contribution >= 0.6 is 0 Å². The summed E-state index contributed by atoms with van der Waals surface area (Å²) in [5.74, 6) is 0.589. The molecule has 0 unspecified atom stereocenters. The molecule has 1 aromatic heterocycles. The van der Waals surface area contributed by atoms with E-state index in [1.165, 1.54) is 0 Å². The van der Waals surface area contributed by atoms with Gasteiger partial charge in [-0.1, -0.05) is 61.0 Å². The van der Waals surface area contributed by atoms with Gasteiger partial charge in [-0.2, -0.15) is 5.21 Å². The first-order chi connectivity index (χ1) is 13.6. The zero-order valence-corrected chi connectivity index (χ0v) is 16.4. The van der Waals surface area contributed by atoms with Gasteiger partial charge in [0.1, 0.15) is 5.78 Å². The Balaban J connectivity index is 1.84. The summed E-state index contributed by atoms with van der Waals surface area (Å²) in [6.45, 7) is 4.27. The predicted octanol–water partition coefficient (Wildman–Crippen LogP) is 3.66. The van der Waals surface area contributed by atoms with Crippen molar-refractivity contribution in [1.29, 1.82) is 0 Å². The number of hydrogen-bond acceptors (Lipinski definition) is 5. The fourth-order valence-corrected chi connectivity index (χ4v) is 3.70. The second kappa shape index (κ2) is 9.37. The van der Waals surface area contributed by atoms with Crippen molar-refractivity contribution in [3.8, 4) is 11.1 Å². The minimum atomic E-state index is -0.108. The van der Waals surface area contributed by atoms with Crippen LogP contribution in [0.25, 0.3) is 11.1 Å². The molecule has 0 aliphatic carbocycles. The Morgan fingerprint density at radius 2 is 1.89 bits per heavy atom. The molecular formula is C22H27N5O. The molecule has 6 nitrogen and oxygen atoms in total. The normalized spacial score (nSPS) is 13.2. The van der Waals surface area contributed by atoms with E-state index < -0.39 is 0 Å². The number of H-pyrrole nitrogens is 1. The molecule has 3 N–H and O–H groups in total. The van der Waals surface area contributed by atoms with Gasteiger partial charge in [0.2, 0.25) is 0 Å². The summed E-state index contributed by atoms with van der Waals surface area (Å²) in [7, 11) is 0. The van der Waals surface area contributed by atoms with E-state index in [4.69, 9.17) is 5.73 Å². The molecule has 2 atom stereocenters. The Morgan fingerprint density at radius 3 is 2.50 bits per heavy atom. The zero-order valence-electron chi connectivity index (χ0n) is 16.4. The van der Waals surface area contributed by atoms with Crippen molar-refractivity contribution in [2.24, 2.45) is 11.7 Å². The third kappa shape index (κ3) is 4.70. The summed E-state index contributed by atoms with van der Waals surface area (Å²) in [4.78, 5) is 12.3. The van der Waals surface area contributed by atoms with E-state index in [2.05, 4.69) is 63.9 Å². The van der Waals surface area contributed by atoms with Gasteiger partial charge < -0.3 is 5.73 Å². The number of aromatic amines is 1. The maximum Gasteiger partial charge on any atom is 0.178 e. The molecule has 0 saturated carbocycles. The van der Waals surface area contributed by atoms with Crippen molar-refractivity contribution in [3.05, 3.63) is 65.5 Å². The quantitative estimate of drug-likeness (QED) is 0.593. The first kappa shape index (κ1) is 19.9. The molecule has 0 amide bonds. The highest BCUT2D eigenvalue weighted by Crippen LogP contribution is 2.31. The Labute approximate surface area is 165 Å². The largest absolute Gasteiger partial charge is 0.326 e. The highest BCUT2D eigenvalue weighted by molar-refractivity contribution is 5.79. The number of tetrazole rings is 1. The number of aromatic nitrogens is 4. The number of rotatable bonds is 9. The van der Waals surface area contributed by atoms with Crippen LogP contribution in [0.2, 0.25) is 0 Å². The Kier molecular flexibility index (Phi) is 6.66. The molecule has 0 radical (unpaired) electrons. The van der Waals surface area contributed by atoms with Crippen LogP contribution in [0.1, 0.15) is 49.6 Å². The van der Waals surface area contributed by atoms with Gasteiger partial charge in [-0.15, -0.1) is 10.2 Å². The molecule has 3 aromatic rings. The van der Waals surface area contributed by atoms with Crippen LogP contribution in [0, 0.1) is 5.92 Å². The predicted molar refractivity (Wildman–Crippen MR) is 109 cm³/mol. The third-order valence-electron chi connectivity index (χ3n) is 5.21. The molecule has 0 spiro atoms. The van der Waals surface area contributed by atoms with Gasteiger partial charge in [0.15, 0.2) is 5.82 Å². The molecule has 2 aromatic carbocycles. The Bertz CT molecular complexity index is 890. The van der Waals surface area contributed by atoms with E-state index >= 15 is 0 Å². The maximum atomic E-state index is 12.3. The maximum absolute atomic E-state index is 12.3. The van der Waals surface area contributed by atoms with Crippen LogP contribution in [-0.2, 0) is 17.8 Å². The summed E-state index contributed by atoms with van der Waals surface area (Å²) in [6, 6.07) is 16.7. The molecule has 0 bridgehead atoms. The van der Waals surface area contributed by atoms with E-state index in [0.29, 0.717) is 18.8 Å². The molecule has 1 heterocycles. The average Bonchev–Trinajstić information content (AvgIpc) is 3.25. The molecule has 0 aliphatic heterocycles.